The van der Waals surface area contributed by atoms with Gasteiger partial charge < -0.3 is 18.4 Å². The Morgan fingerprint density at radius 3 is 1.66 bits per heavy atom. The van der Waals surface area contributed by atoms with Crippen molar-refractivity contribution in [1.29, 1.82) is 0 Å². The fourth-order valence-electron chi connectivity index (χ4n) is 3.83. The van der Waals surface area contributed by atoms with E-state index in [0.29, 0.717) is 11.7 Å². The average molecular weight is 508 g/mol. The molecular formula is C26H37NO7S. The summed E-state index contributed by atoms with van der Waals surface area (Å²) in [6.45, 7) is 12.5. The molecule has 0 aliphatic rings. The summed E-state index contributed by atoms with van der Waals surface area (Å²) in [6, 6.07) is 7.13. The molecule has 35 heavy (non-hydrogen) atoms. The molecule has 8 nitrogen and oxygen atoms in total. The second-order valence-corrected chi connectivity index (χ2v) is 10.5. The van der Waals surface area contributed by atoms with E-state index in [-0.39, 0.29) is 35.5 Å². The van der Waals surface area contributed by atoms with Crippen LogP contribution in [0.2, 0.25) is 0 Å². The maximum Gasteiger partial charge on any atom is 0.409 e. The van der Waals surface area contributed by atoms with E-state index in [1.165, 1.54) is 39.0 Å². The fourth-order valence-corrected chi connectivity index (χ4v) is 4.61. The van der Waals surface area contributed by atoms with Gasteiger partial charge in [-0.1, -0.05) is 53.7 Å². The molecule has 0 radical (unpaired) electrons. The van der Waals surface area contributed by atoms with E-state index in [1.54, 1.807) is 0 Å². The summed E-state index contributed by atoms with van der Waals surface area (Å²) in [5, 5.41) is 0. The number of carbonyl (C=O) groups excluding carboxylic acids is 1. The van der Waals surface area contributed by atoms with Crippen LogP contribution >= 0.6 is 0 Å². The Hall–Kier alpha value is -2.94. The van der Waals surface area contributed by atoms with E-state index >= 15 is 0 Å². The summed E-state index contributed by atoms with van der Waals surface area (Å²) >= 11 is 0. The number of methoxy groups -OCH3 is 3. The quantitative estimate of drug-likeness (QED) is 0.453. The highest BCUT2D eigenvalue weighted by Gasteiger charge is 2.26. The minimum absolute atomic E-state index is 0.0764. The average Bonchev–Trinajstić information content (AvgIpc) is 2.77. The van der Waals surface area contributed by atoms with Gasteiger partial charge in [-0.05, 0) is 40.0 Å². The van der Waals surface area contributed by atoms with Gasteiger partial charge in [-0.2, -0.15) is 8.42 Å². The Bertz CT molecular complexity index is 1100. The third-order valence-electron chi connectivity index (χ3n) is 5.69. The van der Waals surface area contributed by atoms with Gasteiger partial charge in [-0.3, -0.25) is 4.79 Å². The number of ether oxygens (including phenoxy) is 3. The highest BCUT2D eigenvalue weighted by atomic mass is 32.2. The molecule has 1 N–H and O–H groups in total. The van der Waals surface area contributed by atoms with Crippen LogP contribution in [-0.4, -0.2) is 35.7 Å². The lowest BCUT2D eigenvalue weighted by atomic mass is 9.83. The number of amides is 1. The molecule has 2 rings (SSSR count). The maximum atomic E-state index is 12.9. The van der Waals surface area contributed by atoms with Crippen molar-refractivity contribution in [1.82, 2.24) is 4.72 Å². The van der Waals surface area contributed by atoms with E-state index in [9.17, 15) is 13.2 Å². The highest BCUT2D eigenvalue weighted by molar-refractivity contribution is 7.85. The van der Waals surface area contributed by atoms with E-state index in [2.05, 4.69) is 53.7 Å². The Labute approximate surface area is 209 Å². The molecule has 9 heteroatoms. The van der Waals surface area contributed by atoms with Crippen molar-refractivity contribution in [2.24, 2.45) is 0 Å². The standard InChI is InChI=1S/C26H37NO7S/c1-15(2)18-10-20(16(3)4)22(21(11-18)17(5)6)14-25(28)27-35(29,30)34-26-23(32-8)12-19(31-7)13-24(26)33-9/h10-13,15-17H,14H2,1-9H3,(H,27,28). The molecule has 1 amide bonds. The lowest BCUT2D eigenvalue weighted by Gasteiger charge is -2.23. The van der Waals surface area contributed by atoms with Crippen LogP contribution < -0.4 is 23.1 Å². The predicted octanol–water partition coefficient (Wildman–Crippen LogP) is 5.07. The molecule has 2 aromatic rings. The second-order valence-electron chi connectivity index (χ2n) is 9.24. The molecular weight excluding hydrogens is 470 g/mol. The lowest BCUT2D eigenvalue weighted by Crippen LogP contribution is -2.35. The van der Waals surface area contributed by atoms with Crippen LogP contribution in [0.25, 0.3) is 0 Å². The molecule has 0 aliphatic carbocycles. The molecule has 0 spiro atoms. The van der Waals surface area contributed by atoms with Gasteiger partial charge in [0.25, 0.3) is 0 Å². The van der Waals surface area contributed by atoms with Gasteiger partial charge in [-0.15, -0.1) is 0 Å². The minimum Gasteiger partial charge on any atom is -0.496 e. The topological polar surface area (TPSA) is 100 Å². The molecule has 0 heterocycles. The van der Waals surface area contributed by atoms with Gasteiger partial charge in [0.2, 0.25) is 11.7 Å². The zero-order chi connectivity index (χ0) is 26.5. The van der Waals surface area contributed by atoms with Gasteiger partial charge in [-0.25, -0.2) is 4.72 Å². The normalized spacial score (nSPS) is 11.7. The van der Waals surface area contributed by atoms with Crippen LogP contribution in [0.5, 0.6) is 23.0 Å². The summed E-state index contributed by atoms with van der Waals surface area (Å²) in [5.74, 6) is 0.306. The molecule has 0 saturated carbocycles. The molecule has 0 atom stereocenters. The Morgan fingerprint density at radius 1 is 0.800 bits per heavy atom. The van der Waals surface area contributed by atoms with Gasteiger partial charge in [0.05, 0.1) is 27.8 Å². The van der Waals surface area contributed by atoms with Crippen molar-refractivity contribution in [3.63, 3.8) is 0 Å². The number of hydrogen-bond acceptors (Lipinski definition) is 7. The molecule has 0 aliphatic heterocycles. The SMILES string of the molecule is COc1cc(OC)c(OS(=O)(=O)NC(=O)Cc2c(C(C)C)cc(C(C)C)cc2C(C)C)c(OC)c1. The smallest absolute Gasteiger partial charge is 0.409 e. The first kappa shape index (κ1) is 28.3. The van der Waals surface area contributed by atoms with Gasteiger partial charge in [0.15, 0.2) is 11.5 Å². The summed E-state index contributed by atoms with van der Waals surface area (Å²) in [6.07, 6.45) is -0.0983. The van der Waals surface area contributed by atoms with Crippen LogP contribution in [0.4, 0.5) is 0 Å². The lowest BCUT2D eigenvalue weighted by molar-refractivity contribution is -0.118. The van der Waals surface area contributed by atoms with Gasteiger partial charge >= 0.3 is 10.3 Å². The molecule has 0 unspecified atom stereocenters. The van der Waals surface area contributed by atoms with E-state index in [4.69, 9.17) is 18.4 Å². The third kappa shape index (κ3) is 7.04. The van der Waals surface area contributed by atoms with Crippen molar-refractivity contribution < 1.29 is 31.6 Å². The largest absolute Gasteiger partial charge is 0.496 e. The van der Waals surface area contributed by atoms with Crippen LogP contribution in [0.1, 0.15) is 81.5 Å². The highest BCUT2D eigenvalue weighted by Crippen LogP contribution is 2.41. The second kappa shape index (κ2) is 11.7. The van der Waals surface area contributed by atoms with Crippen LogP contribution in [0.3, 0.4) is 0 Å². The maximum absolute atomic E-state index is 12.9. The van der Waals surface area contributed by atoms with Crippen molar-refractivity contribution in [3.8, 4) is 23.0 Å². The minimum atomic E-state index is -4.53. The molecule has 194 valence electrons. The third-order valence-corrected chi connectivity index (χ3v) is 6.55. The summed E-state index contributed by atoms with van der Waals surface area (Å²) in [5.41, 5.74) is 4.10. The van der Waals surface area contributed by atoms with Crippen molar-refractivity contribution in [2.75, 3.05) is 21.3 Å². The number of nitrogens with one attached hydrogen (secondary N) is 1. The Morgan fingerprint density at radius 2 is 1.29 bits per heavy atom. The first-order chi connectivity index (χ1) is 16.3. The Kier molecular flexibility index (Phi) is 9.43. The number of benzene rings is 2. The summed E-state index contributed by atoms with van der Waals surface area (Å²) in [4.78, 5) is 12.9. The summed E-state index contributed by atoms with van der Waals surface area (Å²) in [7, 11) is -0.362. The van der Waals surface area contributed by atoms with E-state index in [1.807, 2.05) is 4.72 Å². The molecule has 0 saturated heterocycles. The Balaban J connectivity index is 2.38. The monoisotopic (exact) mass is 507 g/mol. The number of rotatable bonds is 11. The van der Waals surface area contributed by atoms with E-state index in [0.717, 1.165) is 16.7 Å². The predicted molar refractivity (Wildman–Crippen MR) is 136 cm³/mol. The first-order valence-electron chi connectivity index (χ1n) is 11.5. The van der Waals surface area contributed by atoms with Gasteiger partial charge in [0.1, 0.15) is 5.75 Å². The van der Waals surface area contributed by atoms with Crippen LogP contribution in [0.15, 0.2) is 24.3 Å². The molecule has 2 aromatic carbocycles. The van der Waals surface area contributed by atoms with Crippen LogP contribution in [0, 0.1) is 0 Å². The van der Waals surface area contributed by atoms with E-state index < -0.39 is 16.2 Å². The molecule has 0 bridgehead atoms. The zero-order valence-electron chi connectivity index (χ0n) is 22.0. The zero-order valence-corrected chi connectivity index (χ0v) is 22.8. The van der Waals surface area contributed by atoms with Gasteiger partial charge in [0, 0.05) is 12.1 Å². The van der Waals surface area contributed by atoms with Crippen molar-refractivity contribution in [3.05, 3.63) is 46.5 Å². The van der Waals surface area contributed by atoms with Crippen molar-refractivity contribution in [2.45, 2.75) is 65.7 Å². The first-order valence-corrected chi connectivity index (χ1v) is 13.0. The number of hydrogen-bond donors (Lipinski definition) is 1. The fraction of sp³-hybridized carbons (Fsp3) is 0.500. The van der Waals surface area contributed by atoms with Crippen LogP contribution in [-0.2, 0) is 21.5 Å². The molecule has 0 fully saturated rings. The summed E-state index contributed by atoms with van der Waals surface area (Å²) < 4.78 is 48.4. The van der Waals surface area contributed by atoms with Crippen molar-refractivity contribution >= 4 is 16.2 Å². The molecule has 0 aromatic heterocycles. The number of carbonyl (C=O) groups is 1.